The minimum Gasteiger partial charge on any atom is -0.382 e. The standard InChI is InChI=1S/C16H18ClN7S/c17-13-11(1-3-20-14(13)19)25-12-8-22-16(24-6-4-21-15(12)24)23-5-2-10(7-18)9-23/h1,3-4,6,8,10H,2,5,7,9,18H2,(H2,19,20)/t10-/m1/s1. The minimum absolute atomic E-state index is 0.320. The van der Waals surface area contributed by atoms with Crippen LogP contribution in [0.25, 0.3) is 5.65 Å². The molecule has 7 nitrogen and oxygen atoms in total. The molecule has 1 fully saturated rings. The van der Waals surface area contributed by atoms with Crippen LogP contribution in [0.4, 0.5) is 11.8 Å². The molecule has 0 spiro atoms. The van der Waals surface area contributed by atoms with E-state index in [1.165, 1.54) is 11.8 Å². The fraction of sp³-hybridized carbons (Fsp3) is 0.312. The van der Waals surface area contributed by atoms with E-state index in [-0.39, 0.29) is 0 Å². The molecule has 0 saturated carbocycles. The fourth-order valence-electron chi connectivity index (χ4n) is 3.03. The zero-order valence-corrected chi connectivity index (χ0v) is 15.0. The van der Waals surface area contributed by atoms with Crippen LogP contribution in [-0.2, 0) is 0 Å². The maximum atomic E-state index is 6.26. The molecular weight excluding hydrogens is 358 g/mol. The maximum Gasteiger partial charge on any atom is 0.211 e. The zero-order valence-electron chi connectivity index (χ0n) is 13.5. The van der Waals surface area contributed by atoms with Gasteiger partial charge in [0.2, 0.25) is 5.95 Å². The van der Waals surface area contributed by atoms with Crippen LogP contribution in [0.15, 0.2) is 40.6 Å². The molecule has 3 aromatic heterocycles. The summed E-state index contributed by atoms with van der Waals surface area (Å²) in [7, 11) is 0. The third-order valence-corrected chi connectivity index (χ3v) is 5.95. The Morgan fingerprint density at radius 1 is 1.24 bits per heavy atom. The van der Waals surface area contributed by atoms with E-state index < -0.39 is 0 Å². The van der Waals surface area contributed by atoms with Crippen LogP contribution in [0.5, 0.6) is 0 Å². The van der Waals surface area contributed by atoms with Gasteiger partial charge in [-0.1, -0.05) is 23.4 Å². The molecule has 0 aromatic carbocycles. The van der Waals surface area contributed by atoms with E-state index >= 15 is 0 Å². The summed E-state index contributed by atoms with van der Waals surface area (Å²) < 4.78 is 2.01. The molecule has 1 atom stereocenters. The number of hydrogen-bond donors (Lipinski definition) is 2. The van der Waals surface area contributed by atoms with E-state index in [0.29, 0.717) is 23.3 Å². The summed E-state index contributed by atoms with van der Waals surface area (Å²) >= 11 is 7.74. The second-order valence-electron chi connectivity index (χ2n) is 5.99. The summed E-state index contributed by atoms with van der Waals surface area (Å²) in [4.78, 5) is 17.2. The predicted molar refractivity (Wildman–Crippen MR) is 100 cm³/mol. The Morgan fingerprint density at radius 2 is 2.12 bits per heavy atom. The first-order chi connectivity index (χ1) is 12.2. The van der Waals surface area contributed by atoms with Gasteiger partial charge >= 0.3 is 0 Å². The van der Waals surface area contributed by atoms with E-state index in [9.17, 15) is 0 Å². The summed E-state index contributed by atoms with van der Waals surface area (Å²) in [6.07, 6.45) is 8.29. The lowest BCUT2D eigenvalue weighted by Crippen LogP contribution is -2.25. The molecule has 130 valence electrons. The molecule has 4 N–H and O–H groups in total. The summed E-state index contributed by atoms with van der Waals surface area (Å²) in [5.74, 6) is 1.74. The van der Waals surface area contributed by atoms with E-state index in [1.54, 1.807) is 12.4 Å². The number of nitrogens with two attached hydrogens (primary N) is 2. The van der Waals surface area contributed by atoms with Crippen LogP contribution in [0.3, 0.4) is 0 Å². The molecule has 0 radical (unpaired) electrons. The van der Waals surface area contributed by atoms with Crippen molar-refractivity contribution in [3.05, 3.63) is 35.9 Å². The van der Waals surface area contributed by atoms with Crippen LogP contribution < -0.4 is 16.4 Å². The number of imidazole rings is 1. The highest BCUT2D eigenvalue weighted by molar-refractivity contribution is 7.99. The van der Waals surface area contributed by atoms with Gasteiger partial charge in [0.25, 0.3) is 0 Å². The van der Waals surface area contributed by atoms with Gasteiger partial charge in [-0.05, 0) is 24.9 Å². The van der Waals surface area contributed by atoms with Crippen LogP contribution in [0, 0.1) is 5.92 Å². The third kappa shape index (κ3) is 3.01. The smallest absolute Gasteiger partial charge is 0.211 e. The van der Waals surface area contributed by atoms with E-state index in [0.717, 1.165) is 40.9 Å². The molecule has 3 aromatic rings. The van der Waals surface area contributed by atoms with E-state index in [2.05, 4.69) is 19.9 Å². The van der Waals surface area contributed by atoms with E-state index in [4.69, 9.17) is 23.1 Å². The number of anilines is 2. The minimum atomic E-state index is 0.320. The van der Waals surface area contributed by atoms with E-state index in [1.807, 2.05) is 22.9 Å². The van der Waals surface area contributed by atoms with Gasteiger partial charge in [0.1, 0.15) is 5.82 Å². The molecule has 4 heterocycles. The molecule has 9 heteroatoms. The summed E-state index contributed by atoms with van der Waals surface area (Å²) in [5, 5.41) is 0.451. The van der Waals surface area contributed by atoms with Crippen molar-refractivity contribution in [3.8, 4) is 0 Å². The second-order valence-corrected chi connectivity index (χ2v) is 7.45. The lowest BCUT2D eigenvalue weighted by Gasteiger charge is -2.19. The Balaban J connectivity index is 1.69. The molecule has 4 rings (SSSR count). The molecule has 0 unspecified atom stereocenters. The van der Waals surface area contributed by atoms with Crippen LogP contribution in [0.1, 0.15) is 6.42 Å². The fourth-order valence-corrected chi connectivity index (χ4v) is 4.17. The van der Waals surface area contributed by atoms with Crippen molar-refractivity contribution in [2.75, 3.05) is 30.3 Å². The highest BCUT2D eigenvalue weighted by Gasteiger charge is 2.24. The van der Waals surface area contributed by atoms with Gasteiger partial charge in [0.15, 0.2) is 5.65 Å². The number of halogens is 1. The number of fused-ring (bicyclic) bond motifs is 1. The second kappa shape index (κ2) is 6.70. The van der Waals surface area contributed by atoms with Crippen molar-refractivity contribution in [1.29, 1.82) is 0 Å². The summed E-state index contributed by atoms with van der Waals surface area (Å²) in [5.41, 5.74) is 12.4. The largest absolute Gasteiger partial charge is 0.382 e. The molecule has 25 heavy (non-hydrogen) atoms. The van der Waals surface area contributed by atoms with Crippen molar-refractivity contribution in [1.82, 2.24) is 19.4 Å². The van der Waals surface area contributed by atoms with Crippen molar-refractivity contribution < 1.29 is 0 Å². The molecule has 1 aliphatic rings. The number of rotatable bonds is 4. The van der Waals surface area contributed by atoms with Gasteiger partial charge in [0, 0.05) is 42.8 Å². The normalized spacial score (nSPS) is 17.5. The van der Waals surface area contributed by atoms with Crippen LogP contribution in [0.2, 0.25) is 5.02 Å². The average molecular weight is 376 g/mol. The monoisotopic (exact) mass is 375 g/mol. The average Bonchev–Trinajstić information content (AvgIpc) is 3.28. The van der Waals surface area contributed by atoms with Gasteiger partial charge in [-0.15, -0.1) is 0 Å². The predicted octanol–water partition coefficient (Wildman–Crippen LogP) is 2.30. The topological polar surface area (TPSA) is 98.4 Å². The maximum absolute atomic E-state index is 6.26. The Bertz CT molecular complexity index is 913. The molecule has 1 saturated heterocycles. The van der Waals surface area contributed by atoms with Crippen molar-refractivity contribution in [2.45, 2.75) is 16.2 Å². The molecular formula is C16H18ClN7S. The van der Waals surface area contributed by atoms with Gasteiger partial charge in [-0.3, -0.25) is 4.40 Å². The van der Waals surface area contributed by atoms with Gasteiger partial charge < -0.3 is 16.4 Å². The van der Waals surface area contributed by atoms with Gasteiger partial charge in [0.05, 0.1) is 9.92 Å². The summed E-state index contributed by atoms with van der Waals surface area (Å²) in [6, 6.07) is 1.84. The van der Waals surface area contributed by atoms with Crippen molar-refractivity contribution in [2.24, 2.45) is 11.7 Å². The number of nitrogen functional groups attached to an aromatic ring is 1. The number of aromatic nitrogens is 4. The van der Waals surface area contributed by atoms with Gasteiger partial charge in [-0.2, -0.15) is 0 Å². The first-order valence-corrected chi connectivity index (χ1v) is 9.21. The Kier molecular flexibility index (Phi) is 4.41. The third-order valence-electron chi connectivity index (χ3n) is 4.38. The summed E-state index contributed by atoms with van der Waals surface area (Å²) in [6.45, 7) is 2.59. The molecule has 0 aliphatic carbocycles. The first-order valence-electron chi connectivity index (χ1n) is 8.02. The lowest BCUT2D eigenvalue weighted by molar-refractivity contribution is 0.601. The molecule has 0 bridgehead atoms. The Morgan fingerprint density at radius 3 is 2.92 bits per heavy atom. The van der Waals surface area contributed by atoms with Crippen LogP contribution >= 0.6 is 23.4 Å². The van der Waals surface area contributed by atoms with Crippen molar-refractivity contribution >= 4 is 40.8 Å². The number of pyridine rings is 1. The lowest BCUT2D eigenvalue weighted by atomic mass is 10.1. The Labute approximate surface area is 154 Å². The highest BCUT2D eigenvalue weighted by atomic mass is 35.5. The Hall–Kier alpha value is -2.03. The quantitative estimate of drug-likeness (QED) is 0.721. The SMILES string of the molecule is NC[C@H]1CCN(c2ncc(Sc3ccnc(N)c3Cl)c3nccn23)C1. The number of nitrogens with zero attached hydrogens (tertiary/aromatic N) is 5. The number of hydrogen-bond acceptors (Lipinski definition) is 7. The molecule has 0 amide bonds. The van der Waals surface area contributed by atoms with Crippen LogP contribution in [-0.4, -0.2) is 39.0 Å². The van der Waals surface area contributed by atoms with Gasteiger partial charge in [-0.25, -0.2) is 15.0 Å². The van der Waals surface area contributed by atoms with Crippen molar-refractivity contribution in [3.63, 3.8) is 0 Å². The zero-order chi connectivity index (χ0) is 17.4. The first kappa shape index (κ1) is 16.4. The highest BCUT2D eigenvalue weighted by Crippen LogP contribution is 2.37. The molecule has 1 aliphatic heterocycles.